The van der Waals surface area contributed by atoms with E-state index in [1.807, 2.05) is 6.92 Å². The van der Waals surface area contributed by atoms with Gasteiger partial charge in [0, 0.05) is 6.42 Å². The molecular weight excluding hydrogens is 180 g/mol. The first-order valence-corrected chi connectivity index (χ1v) is 5.42. The second-order valence-electron chi connectivity index (χ2n) is 4.57. The summed E-state index contributed by atoms with van der Waals surface area (Å²) in [4.78, 5) is 12.0. The van der Waals surface area contributed by atoms with Crippen molar-refractivity contribution < 1.29 is 14.3 Å². The van der Waals surface area contributed by atoms with Gasteiger partial charge in [-0.1, -0.05) is 6.92 Å². The molecule has 1 heterocycles. The Morgan fingerprint density at radius 3 is 2.57 bits per heavy atom. The molecule has 2 rings (SSSR count). The number of Topliss-reactive ketones (excluding diaryl/α,β-unsaturated/α-hetero) is 1. The van der Waals surface area contributed by atoms with Crippen LogP contribution in [-0.2, 0) is 14.3 Å². The number of hydrogen-bond donors (Lipinski definition) is 0. The van der Waals surface area contributed by atoms with E-state index in [4.69, 9.17) is 9.47 Å². The zero-order valence-corrected chi connectivity index (χ0v) is 8.91. The molecule has 14 heavy (non-hydrogen) atoms. The number of ether oxygens (including phenoxy) is 2. The van der Waals surface area contributed by atoms with Gasteiger partial charge in [-0.2, -0.15) is 0 Å². The van der Waals surface area contributed by atoms with E-state index in [9.17, 15) is 4.79 Å². The third kappa shape index (κ3) is 1.39. The van der Waals surface area contributed by atoms with E-state index in [1.165, 1.54) is 0 Å². The van der Waals surface area contributed by atoms with Crippen LogP contribution in [0.25, 0.3) is 0 Å². The first-order chi connectivity index (χ1) is 6.65. The zero-order valence-electron chi connectivity index (χ0n) is 8.91. The van der Waals surface area contributed by atoms with Gasteiger partial charge in [0.1, 0.15) is 5.78 Å². The lowest BCUT2D eigenvalue weighted by atomic mass is 9.67. The summed E-state index contributed by atoms with van der Waals surface area (Å²) in [5.74, 6) is 0.676. The summed E-state index contributed by atoms with van der Waals surface area (Å²) in [6, 6.07) is 0. The highest BCUT2D eigenvalue weighted by Crippen LogP contribution is 2.43. The molecule has 0 unspecified atom stereocenters. The zero-order chi connectivity index (χ0) is 10.2. The van der Waals surface area contributed by atoms with E-state index < -0.39 is 5.41 Å². The molecule has 2 atom stereocenters. The standard InChI is InChI=1S/C11H18O3/c1-8-4-3-5-9(12)11(8,2)10-13-6-7-14-10/h8,10H,3-7H2,1-2H3/t8-,11+/m1/s1. The molecule has 2 aliphatic rings. The molecule has 0 aromatic carbocycles. The second-order valence-corrected chi connectivity index (χ2v) is 4.57. The van der Waals surface area contributed by atoms with Gasteiger partial charge in [-0.3, -0.25) is 4.79 Å². The van der Waals surface area contributed by atoms with E-state index >= 15 is 0 Å². The molecule has 0 bridgehead atoms. The van der Waals surface area contributed by atoms with Crippen LogP contribution in [0, 0.1) is 11.3 Å². The maximum atomic E-state index is 12.0. The van der Waals surface area contributed by atoms with Crippen LogP contribution in [-0.4, -0.2) is 25.3 Å². The quantitative estimate of drug-likeness (QED) is 0.644. The molecule has 0 radical (unpaired) electrons. The maximum Gasteiger partial charge on any atom is 0.170 e. The van der Waals surface area contributed by atoms with E-state index in [2.05, 4.69) is 6.92 Å². The Labute approximate surface area is 84.8 Å². The fourth-order valence-electron chi connectivity index (χ4n) is 2.48. The van der Waals surface area contributed by atoms with Gasteiger partial charge < -0.3 is 9.47 Å². The van der Waals surface area contributed by atoms with Crippen molar-refractivity contribution in [3.63, 3.8) is 0 Å². The van der Waals surface area contributed by atoms with Gasteiger partial charge in [-0.05, 0) is 25.7 Å². The Kier molecular flexibility index (Phi) is 2.62. The number of carbonyl (C=O) groups is 1. The van der Waals surface area contributed by atoms with Crippen LogP contribution in [0.2, 0.25) is 0 Å². The summed E-state index contributed by atoms with van der Waals surface area (Å²) < 4.78 is 11.0. The van der Waals surface area contributed by atoms with Gasteiger partial charge in [0.05, 0.1) is 18.6 Å². The van der Waals surface area contributed by atoms with Crippen molar-refractivity contribution in [2.45, 2.75) is 39.4 Å². The van der Waals surface area contributed by atoms with Gasteiger partial charge in [0.15, 0.2) is 6.29 Å². The summed E-state index contributed by atoms with van der Waals surface area (Å²) >= 11 is 0. The normalized spacial score (nSPS) is 40.4. The highest BCUT2D eigenvalue weighted by Gasteiger charge is 2.49. The highest BCUT2D eigenvalue weighted by molar-refractivity contribution is 5.86. The van der Waals surface area contributed by atoms with Crippen LogP contribution in [0.5, 0.6) is 0 Å². The fourth-order valence-corrected chi connectivity index (χ4v) is 2.48. The lowest BCUT2D eigenvalue weighted by molar-refractivity contribution is -0.173. The van der Waals surface area contributed by atoms with E-state index in [-0.39, 0.29) is 6.29 Å². The van der Waals surface area contributed by atoms with Gasteiger partial charge in [-0.25, -0.2) is 0 Å². The molecule has 1 aliphatic heterocycles. The predicted octanol–water partition coefficient (Wildman–Crippen LogP) is 1.75. The van der Waals surface area contributed by atoms with Gasteiger partial charge >= 0.3 is 0 Å². The predicted molar refractivity (Wildman–Crippen MR) is 51.8 cm³/mol. The Morgan fingerprint density at radius 1 is 1.36 bits per heavy atom. The minimum Gasteiger partial charge on any atom is -0.349 e. The third-order valence-electron chi connectivity index (χ3n) is 3.78. The third-order valence-corrected chi connectivity index (χ3v) is 3.78. The molecule has 0 N–H and O–H groups in total. The topological polar surface area (TPSA) is 35.5 Å². The summed E-state index contributed by atoms with van der Waals surface area (Å²) in [7, 11) is 0. The Balaban J connectivity index is 2.20. The van der Waals surface area contributed by atoms with Crippen LogP contribution in [0.15, 0.2) is 0 Å². The minimum absolute atomic E-state index is 0.301. The second kappa shape index (κ2) is 3.63. The lowest BCUT2D eigenvalue weighted by Gasteiger charge is -2.40. The lowest BCUT2D eigenvalue weighted by Crippen LogP contribution is -2.47. The Morgan fingerprint density at radius 2 is 2.00 bits per heavy atom. The first-order valence-electron chi connectivity index (χ1n) is 5.42. The Hall–Kier alpha value is -0.410. The SMILES string of the molecule is C[C@@H]1CCCC(=O)[C@@]1(C)C1OCCO1. The van der Waals surface area contributed by atoms with Crippen LogP contribution < -0.4 is 0 Å². The number of rotatable bonds is 1. The number of hydrogen-bond acceptors (Lipinski definition) is 3. The number of carbonyl (C=O) groups excluding carboxylic acids is 1. The molecule has 0 spiro atoms. The highest BCUT2D eigenvalue weighted by atomic mass is 16.7. The maximum absolute atomic E-state index is 12.0. The molecular formula is C11H18O3. The molecule has 1 aliphatic carbocycles. The van der Waals surface area contributed by atoms with Gasteiger partial charge in [0.25, 0.3) is 0 Å². The van der Waals surface area contributed by atoms with Crippen molar-refractivity contribution in [2.75, 3.05) is 13.2 Å². The van der Waals surface area contributed by atoms with Crippen molar-refractivity contribution in [2.24, 2.45) is 11.3 Å². The molecule has 2 fully saturated rings. The smallest absolute Gasteiger partial charge is 0.170 e. The van der Waals surface area contributed by atoms with Crippen LogP contribution in [0.3, 0.4) is 0 Å². The van der Waals surface area contributed by atoms with Crippen molar-refractivity contribution >= 4 is 5.78 Å². The molecule has 80 valence electrons. The van der Waals surface area contributed by atoms with Gasteiger partial charge in [-0.15, -0.1) is 0 Å². The molecule has 1 saturated heterocycles. The van der Waals surface area contributed by atoms with Crippen LogP contribution in [0.1, 0.15) is 33.1 Å². The largest absolute Gasteiger partial charge is 0.349 e. The van der Waals surface area contributed by atoms with E-state index in [0.29, 0.717) is 31.3 Å². The molecule has 3 heteroatoms. The average Bonchev–Trinajstić information content (AvgIpc) is 2.67. The van der Waals surface area contributed by atoms with Crippen molar-refractivity contribution in [1.82, 2.24) is 0 Å². The minimum atomic E-state index is -0.408. The summed E-state index contributed by atoms with van der Waals surface area (Å²) in [6.45, 7) is 5.37. The number of ketones is 1. The summed E-state index contributed by atoms with van der Waals surface area (Å²) in [5.41, 5.74) is -0.408. The van der Waals surface area contributed by atoms with E-state index in [0.717, 1.165) is 12.8 Å². The molecule has 3 nitrogen and oxygen atoms in total. The molecule has 0 amide bonds. The summed E-state index contributed by atoms with van der Waals surface area (Å²) in [5, 5.41) is 0. The molecule has 0 aromatic heterocycles. The Bertz CT molecular complexity index is 233. The van der Waals surface area contributed by atoms with E-state index in [1.54, 1.807) is 0 Å². The monoisotopic (exact) mass is 198 g/mol. The molecule has 0 aromatic rings. The van der Waals surface area contributed by atoms with Crippen molar-refractivity contribution in [3.8, 4) is 0 Å². The van der Waals surface area contributed by atoms with Crippen LogP contribution in [0.4, 0.5) is 0 Å². The summed E-state index contributed by atoms with van der Waals surface area (Å²) in [6.07, 6.45) is 2.50. The molecule has 1 saturated carbocycles. The first kappa shape index (κ1) is 10.1. The van der Waals surface area contributed by atoms with Crippen LogP contribution >= 0.6 is 0 Å². The van der Waals surface area contributed by atoms with Gasteiger partial charge in [0.2, 0.25) is 0 Å². The fraction of sp³-hybridized carbons (Fsp3) is 0.909. The van der Waals surface area contributed by atoms with Crippen molar-refractivity contribution in [1.29, 1.82) is 0 Å². The van der Waals surface area contributed by atoms with Crippen molar-refractivity contribution in [3.05, 3.63) is 0 Å². The average molecular weight is 198 g/mol.